The van der Waals surface area contributed by atoms with Crippen LogP contribution in [0.5, 0.6) is 0 Å². The van der Waals surface area contributed by atoms with E-state index >= 15 is 0 Å². The zero-order valence-corrected chi connectivity index (χ0v) is 11.6. The Bertz CT molecular complexity index is 592. The van der Waals surface area contributed by atoms with E-state index in [2.05, 4.69) is 21.0 Å². The van der Waals surface area contributed by atoms with Crippen molar-refractivity contribution in [2.75, 3.05) is 7.11 Å². The van der Waals surface area contributed by atoms with Crippen LogP contribution in [0.25, 0.3) is 10.9 Å². The summed E-state index contributed by atoms with van der Waals surface area (Å²) in [6, 6.07) is 5.47. The van der Waals surface area contributed by atoms with Gasteiger partial charge in [-0.05, 0) is 25.1 Å². The van der Waals surface area contributed by atoms with Crippen LogP contribution in [-0.2, 0) is 11.3 Å². The first kappa shape index (κ1) is 13.0. The Morgan fingerprint density at radius 3 is 2.94 bits per heavy atom. The molecule has 0 radical (unpaired) electrons. The van der Waals surface area contributed by atoms with Gasteiger partial charge in [0.25, 0.3) is 0 Å². The Hall–Kier alpha value is -1.40. The van der Waals surface area contributed by atoms with Crippen molar-refractivity contribution >= 4 is 32.8 Å². The van der Waals surface area contributed by atoms with Gasteiger partial charge in [-0.3, -0.25) is 4.68 Å². The van der Waals surface area contributed by atoms with Crippen LogP contribution < -0.4 is 0 Å². The summed E-state index contributed by atoms with van der Waals surface area (Å²) in [6.45, 7) is 1.89. The highest BCUT2D eigenvalue weighted by molar-refractivity contribution is 9.10. The van der Waals surface area contributed by atoms with Crippen molar-refractivity contribution in [2.45, 2.75) is 19.6 Å². The molecule has 0 unspecified atom stereocenters. The number of carbonyl (C=O) groups is 1. The van der Waals surface area contributed by atoms with Crippen molar-refractivity contribution in [1.82, 2.24) is 9.78 Å². The molecule has 6 heteroatoms. The van der Waals surface area contributed by atoms with Crippen LogP contribution in [0.3, 0.4) is 0 Å². The fourth-order valence-electron chi connectivity index (χ4n) is 1.80. The number of aliphatic hydroxyl groups excluding tert-OH is 1. The van der Waals surface area contributed by atoms with Crippen molar-refractivity contribution < 1.29 is 14.6 Å². The van der Waals surface area contributed by atoms with E-state index < -0.39 is 12.1 Å². The molecule has 0 saturated heterocycles. The molecular weight excluding hydrogens is 300 g/mol. The summed E-state index contributed by atoms with van der Waals surface area (Å²) in [6.07, 6.45) is -0.592. The van der Waals surface area contributed by atoms with E-state index in [0.717, 1.165) is 4.47 Å². The van der Waals surface area contributed by atoms with Crippen LogP contribution in [0, 0.1) is 0 Å². The van der Waals surface area contributed by atoms with Crippen LogP contribution in [0.1, 0.15) is 17.4 Å². The molecule has 5 nitrogen and oxygen atoms in total. The fraction of sp³-hybridized carbons (Fsp3) is 0.333. The standard InChI is InChI=1S/C12H13BrN2O3/c1-7(16)6-15-11(12(17)18-2)9-5-8(13)3-4-10(9)14-15/h3-5,7,16H,6H2,1-2H3/t7-/m0/s1. The number of carbonyl (C=O) groups excluding carboxylic acids is 1. The van der Waals surface area contributed by atoms with Gasteiger partial charge in [-0.15, -0.1) is 0 Å². The second-order valence-corrected chi connectivity index (χ2v) is 4.95. The molecule has 0 spiro atoms. The van der Waals surface area contributed by atoms with Crippen LogP contribution in [0.2, 0.25) is 0 Å². The molecule has 0 saturated carbocycles. The number of hydrogen-bond acceptors (Lipinski definition) is 4. The number of halogens is 1. The van der Waals surface area contributed by atoms with Gasteiger partial charge >= 0.3 is 5.97 Å². The Morgan fingerprint density at radius 1 is 1.61 bits per heavy atom. The number of benzene rings is 1. The number of ether oxygens (including phenoxy) is 1. The molecule has 0 bridgehead atoms. The average Bonchev–Trinajstić information content (AvgIpc) is 2.64. The minimum atomic E-state index is -0.592. The SMILES string of the molecule is COC(=O)c1c2cc(Br)ccc2nn1C[C@H](C)O. The van der Waals surface area contributed by atoms with E-state index in [1.165, 1.54) is 11.8 Å². The molecule has 1 aromatic heterocycles. The van der Waals surface area contributed by atoms with Gasteiger partial charge in [0.05, 0.1) is 25.3 Å². The number of esters is 1. The van der Waals surface area contributed by atoms with Crippen molar-refractivity contribution in [3.05, 3.63) is 28.4 Å². The lowest BCUT2D eigenvalue weighted by molar-refractivity contribution is 0.0584. The van der Waals surface area contributed by atoms with Crippen molar-refractivity contribution in [2.24, 2.45) is 0 Å². The number of aromatic nitrogens is 2. The largest absolute Gasteiger partial charge is 0.464 e. The van der Waals surface area contributed by atoms with E-state index in [9.17, 15) is 9.90 Å². The molecule has 0 aliphatic heterocycles. The summed E-state index contributed by atoms with van der Waals surface area (Å²) in [5.41, 5.74) is 1.05. The number of rotatable bonds is 3. The first-order valence-electron chi connectivity index (χ1n) is 5.45. The minimum absolute atomic E-state index is 0.247. The Balaban J connectivity index is 2.65. The van der Waals surface area contributed by atoms with E-state index in [1.807, 2.05) is 18.2 Å². The second-order valence-electron chi connectivity index (χ2n) is 4.03. The predicted molar refractivity (Wildman–Crippen MR) is 70.5 cm³/mol. The molecule has 2 rings (SSSR count). The number of aliphatic hydroxyl groups is 1. The highest BCUT2D eigenvalue weighted by atomic mass is 79.9. The second kappa shape index (κ2) is 5.07. The van der Waals surface area contributed by atoms with Gasteiger partial charge in [0.15, 0.2) is 5.69 Å². The first-order valence-corrected chi connectivity index (χ1v) is 6.24. The lowest BCUT2D eigenvalue weighted by Gasteiger charge is -2.07. The molecule has 1 N–H and O–H groups in total. The Morgan fingerprint density at radius 2 is 2.33 bits per heavy atom. The molecule has 0 fully saturated rings. The summed E-state index contributed by atoms with van der Waals surface area (Å²) < 4.78 is 7.11. The van der Waals surface area contributed by atoms with Gasteiger partial charge in [0.2, 0.25) is 0 Å². The molecule has 0 aliphatic carbocycles. The molecular formula is C12H13BrN2O3. The monoisotopic (exact) mass is 312 g/mol. The number of fused-ring (bicyclic) bond motifs is 1. The quantitative estimate of drug-likeness (QED) is 0.880. The summed E-state index contributed by atoms with van der Waals surface area (Å²) in [4.78, 5) is 11.8. The van der Waals surface area contributed by atoms with Gasteiger partial charge < -0.3 is 9.84 Å². The maximum Gasteiger partial charge on any atom is 0.356 e. The number of nitrogens with zero attached hydrogens (tertiary/aromatic N) is 2. The van der Waals surface area contributed by atoms with E-state index in [-0.39, 0.29) is 6.54 Å². The van der Waals surface area contributed by atoms with E-state index in [1.54, 1.807) is 6.92 Å². The maximum absolute atomic E-state index is 11.8. The molecule has 96 valence electrons. The number of hydrogen-bond donors (Lipinski definition) is 1. The van der Waals surface area contributed by atoms with E-state index in [4.69, 9.17) is 4.74 Å². The third-order valence-corrected chi connectivity index (χ3v) is 3.01. The van der Waals surface area contributed by atoms with Gasteiger partial charge in [-0.1, -0.05) is 15.9 Å². The summed E-state index contributed by atoms with van der Waals surface area (Å²) in [5, 5.41) is 14.4. The zero-order chi connectivity index (χ0) is 13.3. The van der Waals surface area contributed by atoms with Gasteiger partial charge in [-0.2, -0.15) is 5.10 Å². The van der Waals surface area contributed by atoms with Gasteiger partial charge in [0, 0.05) is 9.86 Å². The summed E-state index contributed by atoms with van der Waals surface area (Å²) in [7, 11) is 1.33. The Kier molecular flexibility index (Phi) is 3.68. The predicted octanol–water partition coefficient (Wildman–Crippen LogP) is 1.97. The molecule has 1 aromatic carbocycles. The van der Waals surface area contributed by atoms with Crippen LogP contribution >= 0.6 is 15.9 Å². The average molecular weight is 313 g/mol. The van der Waals surface area contributed by atoms with Crippen molar-refractivity contribution in [3.63, 3.8) is 0 Å². The third kappa shape index (κ3) is 2.39. The highest BCUT2D eigenvalue weighted by Crippen LogP contribution is 2.23. The first-order chi connectivity index (χ1) is 8.52. The van der Waals surface area contributed by atoms with Crippen LogP contribution in [0.15, 0.2) is 22.7 Å². The molecule has 0 aliphatic rings. The maximum atomic E-state index is 11.8. The minimum Gasteiger partial charge on any atom is -0.464 e. The Labute approximate surface area is 112 Å². The molecule has 2 aromatic rings. The highest BCUT2D eigenvalue weighted by Gasteiger charge is 2.19. The van der Waals surface area contributed by atoms with Gasteiger partial charge in [0.1, 0.15) is 0 Å². The summed E-state index contributed by atoms with van der Waals surface area (Å²) >= 11 is 3.36. The fourth-order valence-corrected chi connectivity index (χ4v) is 2.16. The van der Waals surface area contributed by atoms with Crippen LogP contribution in [0.4, 0.5) is 0 Å². The molecule has 1 heterocycles. The lowest BCUT2D eigenvalue weighted by Crippen LogP contribution is -2.18. The lowest BCUT2D eigenvalue weighted by atomic mass is 10.2. The number of methoxy groups -OCH3 is 1. The topological polar surface area (TPSA) is 64.3 Å². The van der Waals surface area contributed by atoms with Crippen molar-refractivity contribution in [3.8, 4) is 0 Å². The normalized spacial score (nSPS) is 12.7. The third-order valence-electron chi connectivity index (χ3n) is 2.52. The molecule has 1 atom stereocenters. The smallest absolute Gasteiger partial charge is 0.356 e. The van der Waals surface area contributed by atoms with Crippen LogP contribution in [-0.4, -0.2) is 34.1 Å². The molecule has 0 amide bonds. The van der Waals surface area contributed by atoms with E-state index in [0.29, 0.717) is 16.6 Å². The summed E-state index contributed by atoms with van der Waals surface area (Å²) in [5.74, 6) is -0.462. The molecule has 18 heavy (non-hydrogen) atoms. The van der Waals surface area contributed by atoms with Gasteiger partial charge in [-0.25, -0.2) is 4.79 Å². The zero-order valence-electron chi connectivity index (χ0n) is 10.1. The van der Waals surface area contributed by atoms with Crippen molar-refractivity contribution in [1.29, 1.82) is 0 Å².